The molecular weight excluding hydrogens is 198 g/mol. The van der Waals surface area contributed by atoms with E-state index in [0.29, 0.717) is 0 Å². The van der Waals surface area contributed by atoms with Crippen molar-refractivity contribution in [3.63, 3.8) is 0 Å². The summed E-state index contributed by atoms with van der Waals surface area (Å²) >= 11 is 0. The van der Waals surface area contributed by atoms with Gasteiger partial charge in [-0.3, -0.25) is 4.90 Å². The molecule has 2 rings (SSSR count). The van der Waals surface area contributed by atoms with Gasteiger partial charge in [-0.2, -0.15) is 5.26 Å². The van der Waals surface area contributed by atoms with E-state index in [2.05, 4.69) is 30.1 Å². The van der Waals surface area contributed by atoms with Crippen LogP contribution in [-0.4, -0.2) is 36.6 Å². The fraction of sp³-hybridized carbons (Fsp3) is 0.923. The van der Waals surface area contributed by atoms with Crippen LogP contribution in [0.2, 0.25) is 0 Å². The van der Waals surface area contributed by atoms with Gasteiger partial charge in [-0.1, -0.05) is 26.7 Å². The minimum atomic E-state index is -0.215. The van der Waals surface area contributed by atoms with Crippen LogP contribution in [0.1, 0.15) is 39.5 Å². The molecule has 0 aromatic carbocycles. The van der Waals surface area contributed by atoms with Crippen molar-refractivity contribution in [1.29, 1.82) is 5.26 Å². The number of piperazine rings is 1. The third-order valence-electron chi connectivity index (χ3n) is 4.55. The molecule has 3 nitrogen and oxygen atoms in total. The Balaban J connectivity index is 2.25. The largest absolute Gasteiger partial charge is 0.314 e. The first kappa shape index (κ1) is 11.9. The van der Waals surface area contributed by atoms with Gasteiger partial charge in [-0.15, -0.1) is 0 Å². The summed E-state index contributed by atoms with van der Waals surface area (Å²) < 4.78 is 0. The molecule has 16 heavy (non-hydrogen) atoms. The number of rotatable bonds is 1. The second-order valence-corrected chi connectivity index (χ2v) is 5.80. The van der Waals surface area contributed by atoms with E-state index in [0.717, 1.165) is 32.6 Å². The maximum atomic E-state index is 9.72. The Labute approximate surface area is 98.8 Å². The van der Waals surface area contributed by atoms with Gasteiger partial charge in [0, 0.05) is 26.2 Å². The number of nitriles is 1. The Bertz CT molecular complexity index is 286. The van der Waals surface area contributed by atoms with Gasteiger partial charge >= 0.3 is 0 Å². The summed E-state index contributed by atoms with van der Waals surface area (Å²) in [5.74, 6) is 0. The summed E-state index contributed by atoms with van der Waals surface area (Å²) in [4.78, 5) is 2.43. The zero-order valence-corrected chi connectivity index (χ0v) is 10.6. The SMILES string of the molecule is CC1(C)CCCCC1(C#N)N1CCNCC1. The van der Waals surface area contributed by atoms with E-state index in [9.17, 15) is 5.26 Å². The highest BCUT2D eigenvalue weighted by molar-refractivity contribution is 5.18. The lowest BCUT2D eigenvalue weighted by atomic mass is 9.63. The van der Waals surface area contributed by atoms with E-state index < -0.39 is 0 Å². The summed E-state index contributed by atoms with van der Waals surface area (Å²) in [6, 6.07) is 2.68. The van der Waals surface area contributed by atoms with Crippen molar-refractivity contribution in [2.45, 2.75) is 45.1 Å². The first-order chi connectivity index (χ1) is 7.62. The summed E-state index contributed by atoms with van der Waals surface area (Å²) in [5.41, 5.74) is -0.0787. The molecule has 1 aliphatic heterocycles. The summed E-state index contributed by atoms with van der Waals surface area (Å²) in [5, 5.41) is 13.1. The fourth-order valence-corrected chi connectivity index (χ4v) is 3.40. The van der Waals surface area contributed by atoms with E-state index >= 15 is 0 Å². The van der Waals surface area contributed by atoms with Crippen LogP contribution in [0.3, 0.4) is 0 Å². The van der Waals surface area contributed by atoms with Crippen LogP contribution in [0.25, 0.3) is 0 Å². The van der Waals surface area contributed by atoms with Crippen LogP contribution >= 0.6 is 0 Å². The lowest BCUT2D eigenvalue weighted by Crippen LogP contribution is -2.63. The molecule has 1 saturated carbocycles. The molecule has 0 amide bonds. The Morgan fingerprint density at radius 3 is 2.31 bits per heavy atom. The maximum absolute atomic E-state index is 9.72. The number of nitrogens with one attached hydrogen (secondary N) is 1. The second-order valence-electron chi connectivity index (χ2n) is 5.80. The predicted molar refractivity (Wildman–Crippen MR) is 65.0 cm³/mol. The Morgan fingerprint density at radius 1 is 1.12 bits per heavy atom. The summed E-state index contributed by atoms with van der Waals surface area (Å²) in [7, 11) is 0. The summed E-state index contributed by atoms with van der Waals surface area (Å²) in [6.45, 7) is 8.65. The zero-order chi connectivity index (χ0) is 11.6. The van der Waals surface area contributed by atoms with E-state index in [-0.39, 0.29) is 11.0 Å². The fourth-order valence-electron chi connectivity index (χ4n) is 3.40. The van der Waals surface area contributed by atoms with Crippen molar-refractivity contribution in [3.05, 3.63) is 0 Å². The second kappa shape index (κ2) is 4.35. The molecule has 1 heterocycles. The predicted octanol–water partition coefficient (Wildman–Crippen LogP) is 1.75. The quantitative estimate of drug-likeness (QED) is 0.733. The van der Waals surface area contributed by atoms with Crippen LogP contribution in [0.5, 0.6) is 0 Å². The van der Waals surface area contributed by atoms with E-state index in [4.69, 9.17) is 0 Å². The molecule has 1 N–H and O–H groups in total. The summed E-state index contributed by atoms with van der Waals surface area (Å²) in [6.07, 6.45) is 4.73. The van der Waals surface area contributed by atoms with E-state index in [1.165, 1.54) is 19.3 Å². The van der Waals surface area contributed by atoms with E-state index in [1.54, 1.807) is 0 Å². The lowest BCUT2D eigenvalue weighted by molar-refractivity contribution is -0.0141. The van der Waals surface area contributed by atoms with Gasteiger partial charge in [0.1, 0.15) is 5.54 Å². The molecule has 1 aliphatic carbocycles. The van der Waals surface area contributed by atoms with Crippen molar-refractivity contribution < 1.29 is 0 Å². The molecule has 1 saturated heterocycles. The average molecular weight is 221 g/mol. The number of hydrogen-bond donors (Lipinski definition) is 1. The monoisotopic (exact) mass is 221 g/mol. The molecule has 2 aliphatic rings. The molecular formula is C13H23N3. The van der Waals surface area contributed by atoms with Crippen LogP contribution in [-0.2, 0) is 0 Å². The number of hydrogen-bond acceptors (Lipinski definition) is 3. The molecule has 90 valence electrons. The van der Waals surface area contributed by atoms with Gasteiger partial charge in [-0.25, -0.2) is 0 Å². The molecule has 3 heteroatoms. The molecule has 0 radical (unpaired) electrons. The lowest BCUT2D eigenvalue weighted by Gasteiger charge is -2.53. The first-order valence-corrected chi connectivity index (χ1v) is 6.49. The standard InChI is InChI=1S/C13H23N3/c1-12(2)5-3-4-6-13(12,11-14)16-9-7-15-8-10-16/h15H,3-10H2,1-2H3. The average Bonchev–Trinajstić information content (AvgIpc) is 2.30. The minimum Gasteiger partial charge on any atom is -0.314 e. The van der Waals surface area contributed by atoms with Gasteiger partial charge in [-0.05, 0) is 18.3 Å². The highest BCUT2D eigenvalue weighted by Gasteiger charge is 2.51. The normalized spacial score (nSPS) is 35.6. The Morgan fingerprint density at radius 2 is 1.75 bits per heavy atom. The van der Waals surface area contributed by atoms with Gasteiger partial charge in [0.15, 0.2) is 0 Å². The number of nitrogens with zero attached hydrogens (tertiary/aromatic N) is 2. The van der Waals surface area contributed by atoms with E-state index in [1.807, 2.05) is 0 Å². The van der Waals surface area contributed by atoms with Gasteiger partial charge in [0.2, 0.25) is 0 Å². The molecule has 0 spiro atoms. The van der Waals surface area contributed by atoms with Crippen LogP contribution in [0.4, 0.5) is 0 Å². The Hall–Kier alpha value is -0.590. The molecule has 1 unspecified atom stereocenters. The third kappa shape index (κ3) is 1.74. The first-order valence-electron chi connectivity index (χ1n) is 6.49. The molecule has 0 aromatic heterocycles. The molecule has 0 bridgehead atoms. The molecule has 0 aromatic rings. The van der Waals surface area contributed by atoms with Crippen molar-refractivity contribution in [3.8, 4) is 6.07 Å². The van der Waals surface area contributed by atoms with Gasteiger partial charge in [0.05, 0.1) is 6.07 Å². The minimum absolute atomic E-state index is 0.136. The van der Waals surface area contributed by atoms with Gasteiger partial charge in [0.25, 0.3) is 0 Å². The maximum Gasteiger partial charge on any atom is 0.114 e. The van der Waals surface area contributed by atoms with Crippen molar-refractivity contribution in [2.75, 3.05) is 26.2 Å². The Kier molecular flexibility index (Phi) is 3.23. The topological polar surface area (TPSA) is 39.1 Å². The third-order valence-corrected chi connectivity index (χ3v) is 4.55. The van der Waals surface area contributed by atoms with Crippen molar-refractivity contribution in [1.82, 2.24) is 10.2 Å². The smallest absolute Gasteiger partial charge is 0.114 e. The highest BCUT2D eigenvalue weighted by Crippen LogP contribution is 2.47. The van der Waals surface area contributed by atoms with Crippen LogP contribution < -0.4 is 5.32 Å². The van der Waals surface area contributed by atoms with Crippen molar-refractivity contribution >= 4 is 0 Å². The van der Waals surface area contributed by atoms with Crippen LogP contribution in [0.15, 0.2) is 0 Å². The molecule has 1 atom stereocenters. The highest BCUT2D eigenvalue weighted by atomic mass is 15.3. The van der Waals surface area contributed by atoms with Crippen molar-refractivity contribution in [2.24, 2.45) is 5.41 Å². The van der Waals surface area contributed by atoms with Gasteiger partial charge < -0.3 is 5.32 Å². The molecule has 2 fully saturated rings. The zero-order valence-electron chi connectivity index (χ0n) is 10.6. The van der Waals surface area contributed by atoms with Crippen LogP contribution in [0, 0.1) is 16.7 Å².